The van der Waals surface area contributed by atoms with Crippen LogP contribution >= 0.6 is 0 Å². The van der Waals surface area contributed by atoms with Gasteiger partial charge in [-0.05, 0) is 19.1 Å². The fourth-order valence-electron chi connectivity index (χ4n) is 2.00. The lowest BCUT2D eigenvalue weighted by atomic mass is 10.3. The number of benzene rings is 1. The van der Waals surface area contributed by atoms with Crippen molar-refractivity contribution in [3.05, 3.63) is 24.3 Å². The van der Waals surface area contributed by atoms with Crippen LogP contribution in [0.2, 0.25) is 0 Å². The first-order chi connectivity index (χ1) is 9.29. The summed E-state index contributed by atoms with van der Waals surface area (Å²) in [6.07, 6.45) is 0. The second-order valence-corrected chi connectivity index (χ2v) is 4.37. The standard InChI is InChI=1S/C14H20N2O3/c1-2-19-13-6-4-3-5-12(13)15-14(17)11-16-7-9-18-10-8-16/h3-6H,2,7-11H2,1H3,(H,15,17). The normalized spacial score (nSPS) is 16.1. The molecule has 1 aromatic rings. The Hall–Kier alpha value is -1.59. The van der Waals surface area contributed by atoms with Crippen molar-refractivity contribution in [1.82, 2.24) is 4.90 Å². The molecule has 0 unspecified atom stereocenters. The Morgan fingerprint density at radius 3 is 2.84 bits per heavy atom. The van der Waals surface area contributed by atoms with E-state index >= 15 is 0 Å². The average Bonchev–Trinajstić information content (AvgIpc) is 2.42. The topological polar surface area (TPSA) is 50.8 Å². The lowest BCUT2D eigenvalue weighted by molar-refractivity contribution is -0.118. The van der Waals surface area contributed by atoms with Crippen molar-refractivity contribution in [1.29, 1.82) is 0 Å². The number of nitrogens with one attached hydrogen (secondary N) is 1. The van der Waals surface area contributed by atoms with Gasteiger partial charge in [-0.15, -0.1) is 0 Å². The van der Waals surface area contributed by atoms with Crippen molar-refractivity contribution in [2.75, 3.05) is 44.8 Å². The highest BCUT2D eigenvalue weighted by Gasteiger charge is 2.15. The number of morpholine rings is 1. The molecule has 0 radical (unpaired) electrons. The monoisotopic (exact) mass is 264 g/mol. The van der Waals surface area contributed by atoms with Gasteiger partial charge in [0.25, 0.3) is 0 Å². The molecular formula is C14H20N2O3. The summed E-state index contributed by atoms with van der Waals surface area (Å²) >= 11 is 0. The van der Waals surface area contributed by atoms with Crippen LogP contribution in [0.15, 0.2) is 24.3 Å². The first-order valence-corrected chi connectivity index (χ1v) is 6.61. The van der Waals surface area contributed by atoms with E-state index in [9.17, 15) is 4.79 Å². The Labute approximate surface area is 113 Å². The number of ether oxygens (including phenoxy) is 2. The van der Waals surface area contributed by atoms with E-state index in [1.165, 1.54) is 0 Å². The van der Waals surface area contributed by atoms with Gasteiger partial charge in [0.2, 0.25) is 5.91 Å². The first-order valence-electron chi connectivity index (χ1n) is 6.61. The zero-order valence-corrected chi connectivity index (χ0v) is 11.2. The molecule has 1 N–H and O–H groups in total. The molecule has 5 heteroatoms. The largest absolute Gasteiger partial charge is 0.492 e. The quantitative estimate of drug-likeness (QED) is 0.872. The van der Waals surface area contributed by atoms with Crippen LogP contribution < -0.4 is 10.1 Å². The molecule has 104 valence electrons. The van der Waals surface area contributed by atoms with Crippen LogP contribution in [0.3, 0.4) is 0 Å². The van der Waals surface area contributed by atoms with Crippen molar-refractivity contribution in [2.24, 2.45) is 0 Å². The summed E-state index contributed by atoms with van der Waals surface area (Å²) in [6.45, 7) is 5.90. The predicted octanol–water partition coefficient (Wildman–Crippen LogP) is 1.36. The van der Waals surface area contributed by atoms with E-state index in [4.69, 9.17) is 9.47 Å². The minimum atomic E-state index is -0.0194. The zero-order valence-electron chi connectivity index (χ0n) is 11.2. The molecule has 0 atom stereocenters. The predicted molar refractivity (Wildman–Crippen MR) is 73.5 cm³/mol. The summed E-state index contributed by atoms with van der Waals surface area (Å²) in [7, 11) is 0. The Bertz CT molecular complexity index is 417. The van der Waals surface area contributed by atoms with Crippen LogP contribution in [0.4, 0.5) is 5.69 Å². The molecule has 0 saturated carbocycles. The minimum absolute atomic E-state index is 0.0194. The van der Waals surface area contributed by atoms with E-state index in [2.05, 4.69) is 10.2 Å². The van der Waals surface area contributed by atoms with Gasteiger partial charge in [0.05, 0.1) is 32.1 Å². The number of rotatable bonds is 5. The highest BCUT2D eigenvalue weighted by Crippen LogP contribution is 2.23. The molecule has 1 aliphatic heterocycles. The number of carbonyl (C=O) groups excluding carboxylic acids is 1. The lowest BCUT2D eigenvalue weighted by Crippen LogP contribution is -2.41. The van der Waals surface area contributed by atoms with Crippen LogP contribution in [0, 0.1) is 0 Å². The molecule has 1 saturated heterocycles. The van der Waals surface area contributed by atoms with Crippen molar-refractivity contribution in [3.63, 3.8) is 0 Å². The average molecular weight is 264 g/mol. The summed E-state index contributed by atoms with van der Waals surface area (Å²) in [5, 5.41) is 2.90. The minimum Gasteiger partial charge on any atom is -0.492 e. The summed E-state index contributed by atoms with van der Waals surface area (Å²) in [5.74, 6) is 0.689. The van der Waals surface area contributed by atoms with Gasteiger partial charge in [-0.25, -0.2) is 0 Å². The van der Waals surface area contributed by atoms with Gasteiger partial charge in [-0.1, -0.05) is 12.1 Å². The Morgan fingerprint density at radius 2 is 2.11 bits per heavy atom. The SMILES string of the molecule is CCOc1ccccc1NC(=O)CN1CCOCC1. The molecule has 0 spiro atoms. The van der Waals surface area contributed by atoms with Crippen molar-refractivity contribution < 1.29 is 14.3 Å². The fraction of sp³-hybridized carbons (Fsp3) is 0.500. The van der Waals surface area contributed by atoms with Crippen LogP contribution in [-0.4, -0.2) is 50.3 Å². The number of nitrogens with zero attached hydrogens (tertiary/aromatic N) is 1. The number of hydrogen-bond acceptors (Lipinski definition) is 4. The Morgan fingerprint density at radius 1 is 1.37 bits per heavy atom. The summed E-state index contributed by atoms with van der Waals surface area (Å²) in [6, 6.07) is 7.48. The molecule has 0 bridgehead atoms. The van der Waals surface area contributed by atoms with Gasteiger partial charge >= 0.3 is 0 Å². The number of carbonyl (C=O) groups is 1. The molecule has 0 aromatic heterocycles. The third-order valence-electron chi connectivity index (χ3n) is 2.93. The third-order valence-corrected chi connectivity index (χ3v) is 2.93. The second kappa shape index (κ2) is 7.11. The van der Waals surface area contributed by atoms with E-state index < -0.39 is 0 Å². The van der Waals surface area contributed by atoms with Gasteiger partial charge < -0.3 is 14.8 Å². The van der Waals surface area contributed by atoms with Crippen LogP contribution in [0.5, 0.6) is 5.75 Å². The molecule has 1 aromatic carbocycles. The number of hydrogen-bond donors (Lipinski definition) is 1. The Balaban J connectivity index is 1.90. The fourth-order valence-corrected chi connectivity index (χ4v) is 2.00. The maximum absolute atomic E-state index is 12.0. The van der Waals surface area contributed by atoms with E-state index in [0.717, 1.165) is 18.8 Å². The van der Waals surface area contributed by atoms with Crippen LogP contribution in [0.1, 0.15) is 6.92 Å². The maximum atomic E-state index is 12.0. The molecule has 2 rings (SSSR count). The second-order valence-electron chi connectivity index (χ2n) is 4.37. The van der Waals surface area contributed by atoms with Gasteiger partial charge in [0, 0.05) is 13.1 Å². The summed E-state index contributed by atoms with van der Waals surface area (Å²) in [5.41, 5.74) is 0.725. The van der Waals surface area contributed by atoms with Crippen molar-refractivity contribution >= 4 is 11.6 Å². The van der Waals surface area contributed by atoms with Crippen molar-refractivity contribution in [3.8, 4) is 5.75 Å². The van der Waals surface area contributed by atoms with E-state index in [1.807, 2.05) is 31.2 Å². The molecule has 1 amide bonds. The number of para-hydroxylation sites is 2. The van der Waals surface area contributed by atoms with E-state index in [-0.39, 0.29) is 5.91 Å². The molecule has 5 nitrogen and oxygen atoms in total. The van der Waals surface area contributed by atoms with E-state index in [1.54, 1.807) is 0 Å². The number of amides is 1. The zero-order chi connectivity index (χ0) is 13.5. The van der Waals surface area contributed by atoms with Crippen molar-refractivity contribution in [2.45, 2.75) is 6.92 Å². The molecule has 1 fully saturated rings. The lowest BCUT2D eigenvalue weighted by Gasteiger charge is -2.25. The van der Waals surface area contributed by atoms with E-state index in [0.29, 0.717) is 32.1 Å². The highest BCUT2D eigenvalue weighted by molar-refractivity contribution is 5.93. The smallest absolute Gasteiger partial charge is 0.238 e. The maximum Gasteiger partial charge on any atom is 0.238 e. The van der Waals surface area contributed by atoms with Gasteiger partial charge in [0.1, 0.15) is 5.75 Å². The first kappa shape index (κ1) is 13.8. The highest BCUT2D eigenvalue weighted by atomic mass is 16.5. The molecular weight excluding hydrogens is 244 g/mol. The third kappa shape index (κ3) is 4.22. The van der Waals surface area contributed by atoms with Gasteiger partial charge in [-0.2, -0.15) is 0 Å². The number of anilines is 1. The van der Waals surface area contributed by atoms with Crippen LogP contribution in [0.25, 0.3) is 0 Å². The van der Waals surface area contributed by atoms with Gasteiger partial charge in [0.15, 0.2) is 0 Å². The van der Waals surface area contributed by atoms with Crippen LogP contribution in [-0.2, 0) is 9.53 Å². The summed E-state index contributed by atoms with van der Waals surface area (Å²) in [4.78, 5) is 14.1. The molecule has 1 heterocycles. The van der Waals surface area contributed by atoms with Gasteiger partial charge in [-0.3, -0.25) is 9.69 Å². The summed E-state index contributed by atoms with van der Waals surface area (Å²) < 4.78 is 10.7. The molecule has 0 aliphatic carbocycles. The molecule has 1 aliphatic rings. The Kier molecular flexibility index (Phi) is 5.18. The molecule has 19 heavy (non-hydrogen) atoms.